The number of hydrogen-bond acceptors (Lipinski definition) is 5. The molecular weight excluding hydrogens is 308 g/mol. The molecule has 0 bridgehead atoms. The van der Waals surface area contributed by atoms with E-state index in [4.69, 9.17) is 23.7 Å². The molecule has 0 aliphatic carbocycles. The monoisotopic (exact) mass is 346 g/mol. The van der Waals surface area contributed by atoms with Gasteiger partial charge in [-0.3, -0.25) is 0 Å². The Bertz CT molecular complexity index is 285. The van der Waals surface area contributed by atoms with Gasteiger partial charge < -0.3 is 23.7 Å². The van der Waals surface area contributed by atoms with E-state index in [-0.39, 0.29) is 0 Å². The summed E-state index contributed by atoms with van der Waals surface area (Å²) in [6.07, 6.45) is 12.4. The van der Waals surface area contributed by atoms with Crippen LogP contribution in [-0.4, -0.2) is 52.7 Å². The molecule has 144 valence electrons. The third-order valence-electron chi connectivity index (χ3n) is 4.72. The van der Waals surface area contributed by atoms with Crippen molar-refractivity contribution in [1.29, 1.82) is 0 Å². The molecule has 0 aromatic heterocycles. The summed E-state index contributed by atoms with van der Waals surface area (Å²) in [6.45, 7) is 3.91. The molecule has 1 unspecified atom stereocenters. The van der Waals surface area contributed by atoms with Crippen LogP contribution in [0.15, 0.2) is 0 Å². The molecule has 0 aromatic carbocycles. The summed E-state index contributed by atoms with van der Waals surface area (Å²) in [6, 6.07) is 0. The van der Waals surface area contributed by atoms with Crippen molar-refractivity contribution in [3.8, 4) is 0 Å². The Kier molecular flexibility index (Phi) is 11.9. The molecule has 5 nitrogen and oxygen atoms in total. The van der Waals surface area contributed by atoms with Gasteiger partial charge >= 0.3 is 0 Å². The van der Waals surface area contributed by atoms with Gasteiger partial charge in [-0.2, -0.15) is 0 Å². The van der Waals surface area contributed by atoms with E-state index in [1.54, 1.807) is 21.3 Å². The molecule has 0 amide bonds. The molecule has 2 atom stereocenters. The zero-order valence-electron chi connectivity index (χ0n) is 16.2. The summed E-state index contributed by atoms with van der Waals surface area (Å²) in [7, 11) is 4.86. The molecule has 0 radical (unpaired) electrons. The third-order valence-corrected chi connectivity index (χ3v) is 4.72. The van der Waals surface area contributed by atoms with Crippen molar-refractivity contribution in [3.63, 3.8) is 0 Å². The highest BCUT2D eigenvalue weighted by Gasteiger charge is 2.36. The van der Waals surface area contributed by atoms with Gasteiger partial charge in [0.2, 0.25) is 0 Å². The zero-order valence-corrected chi connectivity index (χ0v) is 16.2. The molecule has 5 heteroatoms. The molecule has 1 rings (SSSR count). The number of hydrogen-bond donors (Lipinski definition) is 0. The normalized spacial score (nSPS) is 20.5. The Hall–Kier alpha value is -0.200. The maximum absolute atomic E-state index is 5.73. The van der Waals surface area contributed by atoms with Gasteiger partial charge in [-0.25, -0.2) is 0 Å². The lowest BCUT2D eigenvalue weighted by atomic mass is 10.1. The van der Waals surface area contributed by atoms with Gasteiger partial charge in [-0.05, 0) is 32.1 Å². The standard InChI is InChI=1S/C19H38O5/c1-5-15-23-16-11-13-18-17(24-18)12-9-7-6-8-10-14-19(20-2,21-3)22-4/h17-18H,5-16H2,1-4H3/t17?,18-/m1/s1. The van der Waals surface area contributed by atoms with Crippen molar-refractivity contribution in [1.82, 2.24) is 0 Å². The molecule has 0 saturated carbocycles. The highest BCUT2D eigenvalue weighted by molar-refractivity contribution is 4.84. The summed E-state index contributed by atoms with van der Waals surface area (Å²) in [4.78, 5) is 0. The Morgan fingerprint density at radius 3 is 1.96 bits per heavy atom. The third kappa shape index (κ3) is 8.77. The summed E-state index contributed by atoms with van der Waals surface area (Å²) in [5.74, 6) is -0.865. The fourth-order valence-corrected chi connectivity index (χ4v) is 3.09. The van der Waals surface area contributed by atoms with Gasteiger partial charge in [0.1, 0.15) is 0 Å². The molecule has 1 saturated heterocycles. The van der Waals surface area contributed by atoms with Crippen LogP contribution in [0.25, 0.3) is 0 Å². The van der Waals surface area contributed by atoms with E-state index in [0.717, 1.165) is 45.3 Å². The van der Waals surface area contributed by atoms with E-state index in [9.17, 15) is 0 Å². The Morgan fingerprint density at radius 1 is 0.750 bits per heavy atom. The highest BCUT2D eigenvalue weighted by Crippen LogP contribution is 2.31. The maximum Gasteiger partial charge on any atom is 0.282 e. The molecule has 1 heterocycles. The van der Waals surface area contributed by atoms with Crippen LogP contribution in [0.4, 0.5) is 0 Å². The second-order valence-electron chi connectivity index (χ2n) is 6.57. The van der Waals surface area contributed by atoms with Crippen LogP contribution in [0.5, 0.6) is 0 Å². The first-order chi connectivity index (χ1) is 11.7. The number of epoxide rings is 1. The largest absolute Gasteiger partial charge is 0.381 e. The van der Waals surface area contributed by atoms with Crippen LogP contribution in [0.1, 0.15) is 71.1 Å². The smallest absolute Gasteiger partial charge is 0.282 e. The predicted octanol–water partition coefficient (Wildman–Crippen LogP) is 4.28. The molecular formula is C19H38O5. The Labute approximate surface area is 148 Å². The van der Waals surface area contributed by atoms with Gasteiger partial charge in [0, 0.05) is 41.0 Å². The van der Waals surface area contributed by atoms with Crippen molar-refractivity contribution < 1.29 is 23.7 Å². The number of methoxy groups -OCH3 is 3. The molecule has 0 spiro atoms. The first kappa shape index (κ1) is 21.8. The SMILES string of the molecule is CCCOCCC[C@H]1OC1CCCCCCCC(OC)(OC)OC. The second kappa shape index (κ2) is 13.1. The molecule has 0 aromatic rings. The topological polar surface area (TPSA) is 49.5 Å². The average molecular weight is 347 g/mol. The fraction of sp³-hybridized carbons (Fsp3) is 1.00. The lowest BCUT2D eigenvalue weighted by Crippen LogP contribution is -2.35. The van der Waals surface area contributed by atoms with Gasteiger partial charge in [-0.1, -0.05) is 32.6 Å². The van der Waals surface area contributed by atoms with E-state index in [0.29, 0.717) is 12.2 Å². The molecule has 0 N–H and O–H groups in total. The van der Waals surface area contributed by atoms with E-state index in [2.05, 4.69) is 6.92 Å². The average Bonchev–Trinajstić information content (AvgIpc) is 3.36. The van der Waals surface area contributed by atoms with Crippen LogP contribution in [-0.2, 0) is 23.7 Å². The minimum absolute atomic E-state index is 0.501. The first-order valence-corrected chi connectivity index (χ1v) is 9.60. The predicted molar refractivity (Wildman–Crippen MR) is 95.1 cm³/mol. The van der Waals surface area contributed by atoms with E-state index >= 15 is 0 Å². The summed E-state index contributed by atoms with van der Waals surface area (Å²) in [5, 5.41) is 0. The fourth-order valence-electron chi connectivity index (χ4n) is 3.09. The first-order valence-electron chi connectivity index (χ1n) is 9.60. The molecule has 1 fully saturated rings. The molecule has 1 aliphatic heterocycles. The molecule has 1 aliphatic rings. The van der Waals surface area contributed by atoms with E-state index in [1.807, 2.05) is 0 Å². The quantitative estimate of drug-likeness (QED) is 0.223. The van der Waals surface area contributed by atoms with Gasteiger partial charge in [0.15, 0.2) is 0 Å². The number of ether oxygens (including phenoxy) is 5. The summed E-state index contributed by atoms with van der Waals surface area (Å²) in [5.41, 5.74) is 0. The van der Waals surface area contributed by atoms with Gasteiger partial charge in [-0.15, -0.1) is 0 Å². The van der Waals surface area contributed by atoms with Crippen LogP contribution in [0.3, 0.4) is 0 Å². The Balaban J connectivity index is 1.88. The second-order valence-corrected chi connectivity index (χ2v) is 6.57. The van der Waals surface area contributed by atoms with Crippen molar-refractivity contribution >= 4 is 0 Å². The summed E-state index contributed by atoms with van der Waals surface area (Å²) < 4.78 is 27.1. The lowest BCUT2D eigenvalue weighted by Gasteiger charge is -2.28. The Morgan fingerprint density at radius 2 is 1.33 bits per heavy atom. The minimum atomic E-state index is -0.865. The van der Waals surface area contributed by atoms with Crippen LogP contribution in [0.2, 0.25) is 0 Å². The highest BCUT2D eigenvalue weighted by atomic mass is 16.9. The lowest BCUT2D eigenvalue weighted by molar-refractivity contribution is -0.355. The van der Waals surface area contributed by atoms with Crippen molar-refractivity contribution in [2.75, 3.05) is 34.5 Å². The summed E-state index contributed by atoms with van der Waals surface area (Å²) >= 11 is 0. The van der Waals surface area contributed by atoms with Crippen LogP contribution >= 0.6 is 0 Å². The van der Waals surface area contributed by atoms with Crippen LogP contribution < -0.4 is 0 Å². The zero-order chi connectivity index (χ0) is 17.7. The van der Waals surface area contributed by atoms with Crippen molar-refractivity contribution in [2.45, 2.75) is 89.3 Å². The van der Waals surface area contributed by atoms with Gasteiger partial charge in [0.25, 0.3) is 5.97 Å². The minimum Gasteiger partial charge on any atom is -0.381 e. The van der Waals surface area contributed by atoms with Crippen LogP contribution in [0, 0.1) is 0 Å². The van der Waals surface area contributed by atoms with Crippen molar-refractivity contribution in [2.24, 2.45) is 0 Å². The number of unbranched alkanes of at least 4 members (excludes halogenated alkanes) is 4. The van der Waals surface area contributed by atoms with E-state index < -0.39 is 5.97 Å². The van der Waals surface area contributed by atoms with E-state index in [1.165, 1.54) is 32.1 Å². The maximum atomic E-state index is 5.73. The van der Waals surface area contributed by atoms with Gasteiger partial charge in [0.05, 0.1) is 12.2 Å². The molecule has 24 heavy (non-hydrogen) atoms. The number of rotatable bonds is 17. The van der Waals surface area contributed by atoms with Crippen molar-refractivity contribution in [3.05, 3.63) is 0 Å².